The summed E-state index contributed by atoms with van der Waals surface area (Å²) >= 11 is 0. The largest absolute Gasteiger partial charge is 0.378 e. The van der Waals surface area contributed by atoms with Crippen molar-refractivity contribution in [1.29, 1.82) is 0 Å². The molecule has 2 fully saturated rings. The topological polar surface area (TPSA) is 29.5 Å². The van der Waals surface area contributed by atoms with Gasteiger partial charge in [0, 0.05) is 29.6 Å². The second kappa shape index (κ2) is 5.22. The standard InChI is InChI=1S/C15H17F2NO2/c1-18-13-4-10(5-14(18)8-20-7-13)15(19)9-2-11(16)6-12(17)3-9/h2-3,6,10,13-14H,4-5,7-8H2,1H3. The van der Waals surface area contributed by atoms with Gasteiger partial charge in [-0.3, -0.25) is 9.69 Å². The molecule has 2 aliphatic rings. The highest BCUT2D eigenvalue weighted by Gasteiger charge is 2.39. The molecular weight excluding hydrogens is 264 g/mol. The summed E-state index contributed by atoms with van der Waals surface area (Å²) in [5.74, 6) is -1.74. The molecular formula is C15H17F2NO2. The second-order valence-electron chi connectivity index (χ2n) is 5.70. The lowest BCUT2D eigenvalue weighted by atomic mass is 9.81. The van der Waals surface area contributed by atoms with Gasteiger partial charge in [-0.05, 0) is 32.0 Å². The zero-order valence-corrected chi connectivity index (χ0v) is 11.3. The number of carbonyl (C=O) groups excluding carboxylic acids is 1. The smallest absolute Gasteiger partial charge is 0.166 e. The first-order valence-electron chi connectivity index (χ1n) is 6.84. The SMILES string of the molecule is CN1C2COCC1CC(C(=O)c1cc(F)cc(F)c1)C2. The number of benzene rings is 1. The number of fused-ring (bicyclic) bond motifs is 2. The molecule has 0 spiro atoms. The van der Waals surface area contributed by atoms with E-state index >= 15 is 0 Å². The fourth-order valence-electron chi connectivity index (χ4n) is 3.24. The zero-order chi connectivity index (χ0) is 14.3. The number of Topliss-reactive ketones (excluding diaryl/α,β-unsaturated/α-hetero) is 1. The minimum atomic E-state index is -0.704. The van der Waals surface area contributed by atoms with Gasteiger partial charge >= 0.3 is 0 Å². The van der Waals surface area contributed by atoms with Crippen LogP contribution in [0.25, 0.3) is 0 Å². The minimum absolute atomic E-state index is 0.135. The fourth-order valence-corrected chi connectivity index (χ4v) is 3.24. The molecule has 108 valence electrons. The number of halogens is 2. The van der Waals surface area contributed by atoms with Crippen LogP contribution in [0.3, 0.4) is 0 Å². The first-order valence-corrected chi connectivity index (χ1v) is 6.84. The van der Waals surface area contributed by atoms with Crippen molar-refractivity contribution in [3.8, 4) is 0 Å². The summed E-state index contributed by atoms with van der Waals surface area (Å²) in [6.07, 6.45) is 1.37. The summed E-state index contributed by atoms with van der Waals surface area (Å²) < 4.78 is 32.0. The Balaban J connectivity index is 1.81. The molecule has 2 atom stereocenters. The van der Waals surface area contributed by atoms with E-state index in [0.717, 1.165) is 18.2 Å². The van der Waals surface area contributed by atoms with Crippen LogP contribution in [-0.2, 0) is 4.74 Å². The average molecular weight is 281 g/mol. The fraction of sp³-hybridized carbons (Fsp3) is 0.533. The molecule has 3 rings (SSSR count). The third kappa shape index (κ3) is 2.47. The van der Waals surface area contributed by atoms with E-state index in [-0.39, 0.29) is 29.3 Å². The van der Waals surface area contributed by atoms with Gasteiger partial charge in [0.15, 0.2) is 5.78 Å². The Morgan fingerprint density at radius 3 is 2.25 bits per heavy atom. The highest BCUT2D eigenvalue weighted by atomic mass is 19.1. The van der Waals surface area contributed by atoms with Crippen LogP contribution < -0.4 is 0 Å². The number of morpholine rings is 1. The number of hydrogen-bond acceptors (Lipinski definition) is 3. The monoisotopic (exact) mass is 281 g/mol. The Morgan fingerprint density at radius 2 is 1.70 bits per heavy atom. The van der Waals surface area contributed by atoms with E-state index in [1.165, 1.54) is 0 Å². The van der Waals surface area contributed by atoms with Gasteiger partial charge in [-0.2, -0.15) is 0 Å². The Labute approximate surface area is 116 Å². The third-order valence-corrected chi connectivity index (χ3v) is 4.40. The average Bonchev–Trinajstić information content (AvgIpc) is 2.36. The summed E-state index contributed by atoms with van der Waals surface area (Å²) in [5, 5.41) is 0. The Hall–Kier alpha value is -1.33. The maximum atomic E-state index is 13.2. The highest BCUT2D eigenvalue weighted by molar-refractivity contribution is 5.98. The van der Waals surface area contributed by atoms with Crippen LogP contribution in [0.15, 0.2) is 18.2 Å². The van der Waals surface area contributed by atoms with E-state index in [2.05, 4.69) is 4.90 Å². The van der Waals surface area contributed by atoms with Crippen LogP contribution >= 0.6 is 0 Å². The number of rotatable bonds is 2. The lowest BCUT2D eigenvalue weighted by molar-refractivity contribution is -0.0702. The molecule has 0 N–H and O–H groups in total. The van der Waals surface area contributed by atoms with Crippen molar-refractivity contribution >= 4 is 5.78 Å². The summed E-state index contributed by atoms with van der Waals surface area (Å²) in [7, 11) is 2.04. The molecule has 20 heavy (non-hydrogen) atoms. The first kappa shape index (κ1) is 13.6. The predicted octanol–water partition coefficient (Wildman–Crippen LogP) is 2.26. The molecule has 3 nitrogen and oxygen atoms in total. The summed E-state index contributed by atoms with van der Waals surface area (Å²) in [4.78, 5) is 14.7. The number of nitrogens with zero attached hydrogens (tertiary/aromatic N) is 1. The van der Waals surface area contributed by atoms with Crippen molar-refractivity contribution in [3.63, 3.8) is 0 Å². The van der Waals surface area contributed by atoms with Gasteiger partial charge in [0.2, 0.25) is 0 Å². The molecule has 2 saturated heterocycles. The number of carbonyl (C=O) groups is 1. The lowest BCUT2D eigenvalue weighted by Gasteiger charge is -2.46. The molecule has 0 aromatic heterocycles. The van der Waals surface area contributed by atoms with Crippen LogP contribution in [0.4, 0.5) is 8.78 Å². The van der Waals surface area contributed by atoms with Gasteiger partial charge in [-0.1, -0.05) is 0 Å². The van der Waals surface area contributed by atoms with Crippen molar-refractivity contribution in [1.82, 2.24) is 4.90 Å². The summed E-state index contributed by atoms with van der Waals surface area (Å²) in [6.45, 7) is 1.24. The summed E-state index contributed by atoms with van der Waals surface area (Å²) in [6, 6.07) is 3.46. The molecule has 2 bridgehead atoms. The molecule has 1 aromatic carbocycles. The Morgan fingerprint density at radius 1 is 1.15 bits per heavy atom. The van der Waals surface area contributed by atoms with Crippen LogP contribution in [0, 0.1) is 17.6 Å². The number of ketones is 1. The van der Waals surface area contributed by atoms with Gasteiger partial charge in [-0.25, -0.2) is 8.78 Å². The van der Waals surface area contributed by atoms with E-state index in [9.17, 15) is 13.6 Å². The number of hydrogen-bond donors (Lipinski definition) is 0. The van der Waals surface area contributed by atoms with Gasteiger partial charge < -0.3 is 4.74 Å². The van der Waals surface area contributed by atoms with Crippen LogP contribution in [0.1, 0.15) is 23.2 Å². The molecule has 0 amide bonds. The Kier molecular flexibility index (Phi) is 3.56. The van der Waals surface area contributed by atoms with Crippen molar-refractivity contribution in [2.24, 2.45) is 5.92 Å². The van der Waals surface area contributed by atoms with E-state index in [1.54, 1.807) is 0 Å². The zero-order valence-electron chi connectivity index (χ0n) is 11.3. The lowest BCUT2D eigenvalue weighted by Crippen LogP contribution is -2.55. The van der Waals surface area contributed by atoms with Crippen molar-refractivity contribution < 1.29 is 18.3 Å². The van der Waals surface area contributed by atoms with Gasteiger partial charge in [0.05, 0.1) is 13.2 Å². The molecule has 0 aliphatic carbocycles. The van der Waals surface area contributed by atoms with Gasteiger partial charge in [0.25, 0.3) is 0 Å². The molecule has 1 aromatic rings. The third-order valence-electron chi connectivity index (χ3n) is 4.40. The molecule has 2 aliphatic heterocycles. The minimum Gasteiger partial charge on any atom is -0.378 e. The predicted molar refractivity (Wildman–Crippen MR) is 69.6 cm³/mol. The normalized spacial score (nSPS) is 30.2. The number of likely N-dealkylation sites (N-methyl/N-ethyl adjacent to an activating group) is 1. The van der Waals surface area contributed by atoms with Gasteiger partial charge in [0.1, 0.15) is 11.6 Å². The van der Waals surface area contributed by atoms with Crippen molar-refractivity contribution in [2.75, 3.05) is 20.3 Å². The second-order valence-corrected chi connectivity index (χ2v) is 5.70. The van der Waals surface area contributed by atoms with Crippen LogP contribution in [0.2, 0.25) is 0 Å². The van der Waals surface area contributed by atoms with Crippen molar-refractivity contribution in [2.45, 2.75) is 24.9 Å². The maximum absolute atomic E-state index is 13.2. The van der Waals surface area contributed by atoms with E-state index in [1.807, 2.05) is 7.05 Å². The van der Waals surface area contributed by atoms with Gasteiger partial charge in [-0.15, -0.1) is 0 Å². The quantitative estimate of drug-likeness (QED) is 0.779. The van der Waals surface area contributed by atoms with Crippen molar-refractivity contribution in [3.05, 3.63) is 35.4 Å². The maximum Gasteiger partial charge on any atom is 0.166 e. The molecule has 0 saturated carbocycles. The Bertz CT molecular complexity index is 500. The van der Waals surface area contributed by atoms with E-state index in [0.29, 0.717) is 26.1 Å². The molecule has 2 unspecified atom stereocenters. The molecule has 2 heterocycles. The molecule has 0 radical (unpaired) electrons. The van der Waals surface area contributed by atoms with Crippen LogP contribution in [0.5, 0.6) is 0 Å². The number of piperidine rings is 1. The highest BCUT2D eigenvalue weighted by Crippen LogP contribution is 2.32. The van der Waals surface area contributed by atoms with E-state index in [4.69, 9.17) is 4.74 Å². The van der Waals surface area contributed by atoms with Crippen LogP contribution in [-0.4, -0.2) is 43.0 Å². The first-order chi connectivity index (χ1) is 9.54. The number of ether oxygens (including phenoxy) is 1. The molecule has 5 heteroatoms. The summed E-state index contributed by atoms with van der Waals surface area (Å²) in [5.41, 5.74) is 0.135. The van der Waals surface area contributed by atoms with E-state index < -0.39 is 11.6 Å².